The van der Waals surface area contributed by atoms with Crippen LogP contribution in [0.4, 0.5) is 0 Å². The molecule has 0 spiro atoms. The molecule has 2 unspecified atom stereocenters. The molecule has 132 valence electrons. The van der Waals surface area contributed by atoms with E-state index in [1.165, 1.54) is 0 Å². The van der Waals surface area contributed by atoms with E-state index in [2.05, 4.69) is 0 Å². The number of likely N-dealkylation sites (tertiary alicyclic amines) is 1. The predicted molar refractivity (Wildman–Crippen MR) is 89.1 cm³/mol. The number of aliphatic carboxylic acids is 1. The quantitative estimate of drug-likeness (QED) is 0.826. The van der Waals surface area contributed by atoms with Crippen LogP contribution < -0.4 is 4.74 Å². The second kappa shape index (κ2) is 8.15. The van der Waals surface area contributed by atoms with Gasteiger partial charge in [-0.05, 0) is 38.0 Å². The summed E-state index contributed by atoms with van der Waals surface area (Å²) in [5, 5.41) is 9.05. The first-order chi connectivity index (χ1) is 11.4. The van der Waals surface area contributed by atoms with Gasteiger partial charge in [0.2, 0.25) is 5.91 Å². The summed E-state index contributed by atoms with van der Waals surface area (Å²) in [6.07, 6.45) is 0.695. The topological polar surface area (TPSA) is 76.1 Å². The van der Waals surface area contributed by atoms with E-state index in [-0.39, 0.29) is 37.0 Å². The smallest absolute Gasteiger partial charge is 0.305 e. The molecule has 24 heavy (non-hydrogen) atoms. The highest BCUT2D eigenvalue weighted by Gasteiger charge is 2.36. The molecule has 1 aromatic rings. The Kier molecular flexibility index (Phi) is 6.20. The fourth-order valence-electron chi connectivity index (χ4n) is 3.02. The number of methoxy groups -OCH3 is 1. The van der Waals surface area contributed by atoms with Gasteiger partial charge in [0.15, 0.2) is 0 Å². The van der Waals surface area contributed by atoms with Crippen molar-refractivity contribution < 1.29 is 24.2 Å². The number of nitrogens with zero attached hydrogens (tertiary/aromatic N) is 1. The Balaban J connectivity index is 2.05. The zero-order chi connectivity index (χ0) is 17.7. The number of hydrogen-bond donors (Lipinski definition) is 1. The van der Waals surface area contributed by atoms with Crippen LogP contribution in [0, 0.1) is 0 Å². The number of carboxylic acids is 1. The molecule has 1 saturated heterocycles. The van der Waals surface area contributed by atoms with Gasteiger partial charge in [-0.15, -0.1) is 0 Å². The standard InChI is InChI=1S/C18H25NO5/c1-12(2)24-15-6-4-5-13(7-15)8-17(20)19-11-16(23-3)9-14(19)10-18(21)22/h4-7,12,14,16H,8-11H2,1-3H3,(H,21,22). The zero-order valence-corrected chi connectivity index (χ0v) is 14.4. The molecule has 0 saturated carbocycles. The summed E-state index contributed by atoms with van der Waals surface area (Å²) >= 11 is 0. The Morgan fingerprint density at radius 2 is 2.12 bits per heavy atom. The van der Waals surface area contributed by atoms with Crippen molar-refractivity contribution in [3.8, 4) is 5.75 Å². The van der Waals surface area contributed by atoms with Crippen LogP contribution in [-0.4, -0.2) is 53.8 Å². The lowest BCUT2D eigenvalue weighted by Crippen LogP contribution is -2.38. The number of carbonyl (C=O) groups is 2. The molecule has 0 bridgehead atoms. The van der Waals surface area contributed by atoms with Crippen LogP contribution in [0.2, 0.25) is 0 Å². The molecule has 1 aliphatic rings. The van der Waals surface area contributed by atoms with Gasteiger partial charge >= 0.3 is 5.97 Å². The van der Waals surface area contributed by atoms with Crippen molar-refractivity contribution in [2.24, 2.45) is 0 Å². The highest BCUT2D eigenvalue weighted by molar-refractivity contribution is 5.80. The highest BCUT2D eigenvalue weighted by atomic mass is 16.5. The molecule has 1 N–H and O–H groups in total. The molecule has 2 rings (SSSR count). The molecule has 0 aliphatic carbocycles. The maximum Gasteiger partial charge on any atom is 0.305 e. The van der Waals surface area contributed by atoms with Gasteiger partial charge in [0, 0.05) is 19.7 Å². The number of hydrogen-bond acceptors (Lipinski definition) is 4. The summed E-state index contributed by atoms with van der Waals surface area (Å²) in [6, 6.07) is 7.14. The minimum Gasteiger partial charge on any atom is -0.491 e. The Hall–Kier alpha value is -2.08. The molecular weight excluding hydrogens is 310 g/mol. The van der Waals surface area contributed by atoms with Crippen LogP contribution in [0.1, 0.15) is 32.3 Å². The lowest BCUT2D eigenvalue weighted by molar-refractivity contribution is -0.139. The van der Waals surface area contributed by atoms with Crippen molar-refractivity contribution in [2.75, 3.05) is 13.7 Å². The number of carboxylic acid groups (broad SMARTS) is 1. The van der Waals surface area contributed by atoms with E-state index in [9.17, 15) is 9.59 Å². The van der Waals surface area contributed by atoms with Gasteiger partial charge in [-0.2, -0.15) is 0 Å². The van der Waals surface area contributed by atoms with Crippen molar-refractivity contribution in [1.82, 2.24) is 4.90 Å². The van der Waals surface area contributed by atoms with Crippen molar-refractivity contribution >= 4 is 11.9 Å². The van der Waals surface area contributed by atoms with Crippen molar-refractivity contribution in [2.45, 2.75) is 51.4 Å². The first kappa shape index (κ1) is 18.3. The van der Waals surface area contributed by atoms with E-state index >= 15 is 0 Å². The third-order valence-corrected chi connectivity index (χ3v) is 4.07. The lowest BCUT2D eigenvalue weighted by Gasteiger charge is -2.23. The zero-order valence-electron chi connectivity index (χ0n) is 14.4. The molecule has 1 heterocycles. The number of rotatable bonds is 7. The molecule has 6 heteroatoms. The minimum absolute atomic E-state index is 0.0535. The second-order valence-electron chi connectivity index (χ2n) is 6.38. The summed E-state index contributed by atoms with van der Waals surface area (Å²) in [4.78, 5) is 25.3. The summed E-state index contributed by atoms with van der Waals surface area (Å²) in [7, 11) is 1.59. The molecule has 0 radical (unpaired) electrons. The van der Waals surface area contributed by atoms with Gasteiger partial charge in [0.25, 0.3) is 0 Å². The largest absolute Gasteiger partial charge is 0.491 e. The monoisotopic (exact) mass is 335 g/mol. The molecule has 2 atom stereocenters. The average Bonchev–Trinajstić information content (AvgIpc) is 2.89. The summed E-state index contributed by atoms with van der Waals surface area (Å²) in [5.74, 6) is -0.252. The van der Waals surface area contributed by atoms with Crippen LogP contribution in [0.15, 0.2) is 24.3 Å². The van der Waals surface area contributed by atoms with Gasteiger partial charge < -0.3 is 19.5 Å². The van der Waals surface area contributed by atoms with Gasteiger partial charge in [-0.1, -0.05) is 12.1 Å². The summed E-state index contributed by atoms with van der Waals surface area (Å²) < 4.78 is 11.0. The van der Waals surface area contributed by atoms with Crippen LogP contribution in [0.5, 0.6) is 5.75 Å². The van der Waals surface area contributed by atoms with Crippen LogP contribution in [-0.2, 0) is 20.7 Å². The van der Waals surface area contributed by atoms with Crippen LogP contribution >= 0.6 is 0 Å². The maximum absolute atomic E-state index is 12.6. The Labute approximate surface area is 142 Å². The Morgan fingerprint density at radius 1 is 1.38 bits per heavy atom. The SMILES string of the molecule is COC1CC(CC(=O)O)N(C(=O)Cc2cccc(OC(C)C)c2)C1. The van der Waals surface area contributed by atoms with E-state index < -0.39 is 5.97 Å². The van der Waals surface area contributed by atoms with Gasteiger partial charge in [0.05, 0.1) is 25.0 Å². The molecule has 1 fully saturated rings. The number of carbonyl (C=O) groups excluding carboxylic acids is 1. The van der Waals surface area contributed by atoms with E-state index in [1.54, 1.807) is 12.0 Å². The van der Waals surface area contributed by atoms with Crippen molar-refractivity contribution in [3.05, 3.63) is 29.8 Å². The second-order valence-corrected chi connectivity index (χ2v) is 6.38. The molecular formula is C18H25NO5. The first-order valence-electron chi connectivity index (χ1n) is 8.18. The molecule has 1 amide bonds. The fraction of sp³-hybridized carbons (Fsp3) is 0.556. The van der Waals surface area contributed by atoms with E-state index in [4.69, 9.17) is 14.6 Å². The normalized spacial score (nSPS) is 20.4. The van der Waals surface area contributed by atoms with Gasteiger partial charge in [-0.3, -0.25) is 9.59 Å². The van der Waals surface area contributed by atoms with E-state index in [0.29, 0.717) is 13.0 Å². The highest BCUT2D eigenvalue weighted by Crippen LogP contribution is 2.24. The molecule has 1 aromatic carbocycles. The number of ether oxygens (including phenoxy) is 2. The van der Waals surface area contributed by atoms with Crippen molar-refractivity contribution in [3.63, 3.8) is 0 Å². The van der Waals surface area contributed by atoms with Gasteiger partial charge in [-0.25, -0.2) is 0 Å². The number of benzene rings is 1. The van der Waals surface area contributed by atoms with Crippen LogP contribution in [0.25, 0.3) is 0 Å². The van der Waals surface area contributed by atoms with Gasteiger partial charge in [0.1, 0.15) is 5.75 Å². The summed E-state index contributed by atoms with van der Waals surface area (Å²) in [5.41, 5.74) is 0.855. The lowest BCUT2D eigenvalue weighted by atomic mass is 10.1. The maximum atomic E-state index is 12.6. The van der Waals surface area contributed by atoms with Crippen LogP contribution in [0.3, 0.4) is 0 Å². The van der Waals surface area contributed by atoms with E-state index in [0.717, 1.165) is 11.3 Å². The molecule has 1 aliphatic heterocycles. The van der Waals surface area contributed by atoms with E-state index in [1.807, 2.05) is 38.1 Å². The average molecular weight is 335 g/mol. The molecule has 6 nitrogen and oxygen atoms in total. The summed E-state index contributed by atoms with van der Waals surface area (Å²) in [6.45, 7) is 4.34. The third kappa shape index (κ3) is 4.96. The first-order valence-corrected chi connectivity index (χ1v) is 8.18. The number of amides is 1. The predicted octanol–water partition coefficient (Wildman–Crippen LogP) is 2.11. The third-order valence-electron chi connectivity index (χ3n) is 4.07. The molecule has 0 aromatic heterocycles. The Bertz CT molecular complexity index is 587. The fourth-order valence-corrected chi connectivity index (χ4v) is 3.02. The van der Waals surface area contributed by atoms with Crippen molar-refractivity contribution in [1.29, 1.82) is 0 Å². The Morgan fingerprint density at radius 3 is 2.75 bits per heavy atom. The minimum atomic E-state index is -0.901.